The van der Waals surface area contributed by atoms with E-state index in [9.17, 15) is 9.59 Å². The number of amides is 2. The molecule has 2 N–H and O–H groups in total. The van der Waals surface area contributed by atoms with Crippen molar-refractivity contribution in [3.8, 4) is 0 Å². The van der Waals surface area contributed by atoms with E-state index < -0.39 is 0 Å². The van der Waals surface area contributed by atoms with Gasteiger partial charge in [-0.25, -0.2) is 0 Å². The summed E-state index contributed by atoms with van der Waals surface area (Å²) >= 11 is 0. The van der Waals surface area contributed by atoms with E-state index >= 15 is 0 Å². The van der Waals surface area contributed by atoms with E-state index in [-0.39, 0.29) is 42.3 Å². The Morgan fingerprint density at radius 3 is 2.72 bits per heavy atom. The van der Waals surface area contributed by atoms with Gasteiger partial charge in [0.15, 0.2) is 5.96 Å². The van der Waals surface area contributed by atoms with Gasteiger partial charge in [-0.15, -0.1) is 24.0 Å². The molecule has 0 radical (unpaired) electrons. The van der Waals surface area contributed by atoms with Crippen LogP contribution in [0.5, 0.6) is 0 Å². The van der Waals surface area contributed by atoms with E-state index in [1.807, 2.05) is 30.1 Å². The number of guanidine groups is 1. The van der Waals surface area contributed by atoms with Crippen molar-refractivity contribution in [2.24, 2.45) is 4.99 Å². The monoisotopic (exact) mass is 512 g/mol. The van der Waals surface area contributed by atoms with Gasteiger partial charge in [0.25, 0.3) is 5.91 Å². The summed E-state index contributed by atoms with van der Waals surface area (Å²) in [5, 5.41) is 9.90. The third kappa shape index (κ3) is 6.17. The highest BCUT2D eigenvalue weighted by atomic mass is 127. The highest BCUT2D eigenvalue weighted by Crippen LogP contribution is 2.09. The van der Waals surface area contributed by atoms with E-state index in [2.05, 4.69) is 20.8 Å². The molecule has 0 aliphatic carbocycles. The summed E-state index contributed by atoms with van der Waals surface area (Å²) in [5.41, 5.74) is 2.41. The number of hydrogen-bond acceptors (Lipinski definition) is 5. The summed E-state index contributed by atoms with van der Waals surface area (Å²) < 4.78 is 4.85. The van der Waals surface area contributed by atoms with Gasteiger partial charge in [0, 0.05) is 45.4 Å². The lowest BCUT2D eigenvalue weighted by atomic mass is 10.1. The number of rotatable bonds is 5. The lowest BCUT2D eigenvalue weighted by molar-refractivity contribution is -0.123. The van der Waals surface area contributed by atoms with E-state index in [1.54, 1.807) is 30.3 Å². The minimum atomic E-state index is -0.127. The first kappa shape index (κ1) is 22.7. The lowest BCUT2D eigenvalue weighted by Crippen LogP contribution is -2.49. The number of carbonyl (C=O) groups is 2. The molecule has 1 aliphatic rings. The van der Waals surface area contributed by atoms with Crippen molar-refractivity contribution in [1.82, 2.24) is 25.6 Å². The van der Waals surface area contributed by atoms with Gasteiger partial charge >= 0.3 is 0 Å². The third-order valence-corrected chi connectivity index (χ3v) is 4.44. The average Bonchev–Trinajstić information content (AvgIpc) is 3.21. The van der Waals surface area contributed by atoms with Gasteiger partial charge in [0.2, 0.25) is 5.91 Å². The van der Waals surface area contributed by atoms with E-state index in [1.165, 1.54) is 0 Å². The van der Waals surface area contributed by atoms with Gasteiger partial charge in [-0.3, -0.25) is 14.6 Å². The number of benzene rings is 1. The molecule has 0 spiro atoms. The predicted octanol–water partition coefficient (Wildman–Crippen LogP) is 1.07. The zero-order valence-corrected chi connectivity index (χ0v) is 18.8. The number of aliphatic imine (C=N–C) groups is 1. The zero-order chi connectivity index (χ0) is 19.9. The highest BCUT2D eigenvalue weighted by Gasteiger charge is 2.22. The molecule has 1 aromatic heterocycles. The van der Waals surface area contributed by atoms with Crippen molar-refractivity contribution < 1.29 is 14.1 Å². The maximum absolute atomic E-state index is 12.5. The number of nitrogens with zero attached hydrogens (tertiary/aromatic N) is 4. The fourth-order valence-electron chi connectivity index (χ4n) is 2.96. The third-order valence-electron chi connectivity index (χ3n) is 4.44. The molecule has 1 aromatic carbocycles. The molecule has 156 valence electrons. The van der Waals surface area contributed by atoms with Crippen LogP contribution >= 0.6 is 24.0 Å². The van der Waals surface area contributed by atoms with Gasteiger partial charge in [-0.2, -0.15) is 0 Å². The smallest absolute Gasteiger partial charge is 0.254 e. The normalized spacial score (nSPS) is 14.1. The number of hydrogen-bond donors (Lipinski definition) is 2. The van der Waals surface area contributed by atoms with E-state index in [4.69, 9.17) is 4.52 Å². The Morgan fingerprint density at radius 2 is 2.10 bits per heavy atom. The van der Waals surface area contributed by atoms with Crippen molar-refractivity contribution in [2.45, 2.75) is 13.1 Å². The summed E-state index contributed by atoms with van der Waals surface area (Å²) in [6, 6.07) is 9.18. The molecule has 0 atom stereocenters. The minimum Gasteiger partial charge on any atom is -0.364 e. The van der Waals surface area contributed by atoms with Crippen LogP contribution in [0.2, 0.25) is 0 Å². The number of halogens is 1. The van der Waals surface area contributed by atoms with Crippen LogP contribution in [0.25, 0.3) is 0 Å². The number of nitrogens with one attached hydrogen (secondary N) is 2. The van der Waals surface area contributed by atoms with Crippen LogP contribution < -0.4 is 10.6 Å². The first-order chi connectivity index (χ1) is 13.6. The Kier molecular flexibility index (Phi) is 8.43. The maximum atomic E-state index is 12.5. The molecular formula is C19H25IN6O3. The molecule has 9 nitrogen and oxygen atoms in total. The topological polar surface area (TPSA) is 103 Å². The fraction of sp³-hybridized carbons (Fsp3) is 0.368. The molecular weight excluding hydrogens is 487 g/mol. The summed E-state index contributed by atoms with van der Waals surface area (Å²) in [6.45, 7) is 2.27. The van der Waals surface area contributed by atoms with Crippen molar-refractivity contribution in [3.05, 3.63) is 53.4 Å². The Morgan fingerprint density at radius 1 is 1.34 bits per heavy atom. The van der Waals surface area contributed by atoms with Crippen LogP contribution in [0.15, 0.2) is 46.1 Å². The van der Waals surface area contributed by atoms with Crippen molar-refractivity contribution in [2.75, 3.05) is 33.7 Å². The highest BCUT2D eigenvalue weighted by molar-refractivity contribution is 14.0. The van der Waals surface area contributed by atoms with E-state index in [0.29, 0.717) is 31.7 Å². The van der Waals surface area contributed by atoms with Gasteiger partial charge in [0.05, 0.1) is 13.1 Å². The molecule has 0 saturated carbocycles. The molecule has 1 saturated heterocycles. The molecule has 2 aromatic rings. The standard InChI is InChI=1S/C19H24N6O3.HI/c1-20-19(24(2)12-16-7-10-28-23-16)22-11-14-3-5-15(6-4-14)18(27)25-9-8-21-17(26)13-25;/h3-7,10H,8-9,11-13H2,1-2H3,(H,20,22)(H,21,26);1H. The molecule has 29 heavy (non-hydrogen) atoms. The summed E-state index contributed by atoms with van der Waals surface area (Å²) in [4.78, 5) is 31.7. The average molecular weight is 512 g/mol. The largest absolute Gasteiger partial charge is 0.364 e. The van der Waals surface area contributed by atoms with Gasteiger partial charge in [0.1, 0.15) is 12.0 Å². The molecule has 1 fully saturated rings. The molecule has 1 aliphatic heterocycles. The van der Waals surface area contributed by atoms with E-state index in [0.717, 1.165) is 17.2 Å². The molecule has 3 rings (SSSR count). The van der Waals surface area contributed by atoms with Crippen molar-refractivity contribution >= 4 is 41.8 Å². The van der Waals surface area contributed by atoms with Crippen molar-refractivity contribution in [1.29, 1.82) is 0 Å². The summed E-state index contributed by atoms with van der Waals surface area (Å²) in [7, 11) is 3.64. The Hall–Kier alpha value is -2.63. The number of carbonyl (C=O) groups excluding carboxylic acids is 2. The zero-order valence-electron chi connectivity index (χ0n) is 16.4. The van der Waals surface area contributed by atoms with Crippen LogP contribution in [-0.2, 0) is 17.9 Å². The SMILES string of the molecule is CN=C(NCc1ccc(C(=O)N2CCNC(=O)C2)cc1)N(C)Cc1ccon1.I. The molecule has 0 unspecified atom stereocenters. The van der Waals surface area contributed by atoms with Crippen LogP contribution in [0.4, 0.5) is 0 Å². The second-order valence-corrected chi connectivity index (χ2v) is 6.52. The summed E-state index contributed by atoms with van der Waals surface area (Å²) in [6.07, 6.45) is 1.54. The first-order valence-electron chi connectivity index (χ1n) is 9.03. The van der Waals surface area contributed by atoms with Crippen LogP contribution in [0.3, 0.4) is 0 Å². The number of aromatic nitrogens is 1. The predicted molar refractivity (Wildman–Crippen MR) is 119 cm³/mol. The second kappa shape index (κ2) is 10.8. The minimum absolute atomic E-state index is 0. The summed E-state index contributed by atoms with van der Waals surface area (Å²) in [5.74, 6) is 0.474. The van der Waals surface area contributed by atoms with Crippen LogP contribution in [0, 0.1) is 0 Å². The van der Waals surface area contributed by atoms with Gasteiger partial charge < -0.3 is 25.0 Å². The van der Waals surface area contributed by atoms with Gasteiger partial charge in [-0.1, -0.05) is 17.3 Å². The maximum Gasteiger partial charge on any atom is 0.254 e. The van der Waals surface area contributed by atoms with Crippen molar-refractivity contribution in [3.63, 3.8) is 0 Å². The second-order valence-electron chi connectivity index (χ2n) is 6.52. The molecule has 10 heteroatoms. The molecule has 2 amide bonds. The Labute approximate surface area is 186 Å². The van der Waals surface area contributed by atoms with Crippen LogP contribution in [-0.4, -0.2) is 66.5 Å². The fourth-order valence-corrected chi connectivity index (χ4v) is 2.96. The number of piperazine rings is 1. The first-order valence-corrected chi connectivity index (χ1v) is 9.03. The van der Waals surface area contributed by atoms with Gasteiger partial charge in [-0.05, 0) is 17.7 Å². The Bertz CT molecular complexity index is 838. The molecule has 0 bridgehead atoms. The Balaban J connectivity index is 0.00000300. The van der Waals surface area contributed by atoms with Crippen LogP contribution in [0.1, 0.15) is 21.6 Å². The lowest BCUT2D eigenvalue weighted by Gasteiger charge is -2.26. The molecule has 2 heterocycles. The quantitative estimate of drug-likeness (QED) is 0.353.